The first-order valence-corrected chi connectivity index (χ1v) is 8.32. The molecule has 1 heterocycles. The molecule has 0 aromatic carbocycles. The first-order valence-electron chi connectivity index (χ1n) is 6.50. The van der Waals surface area contributed by atoms with Gasteiger partial charge in [-0.3, -0.25) is 0 Å². The van der Waals surface area contributed by atoms with Gasteiger partial charge in [-0.05, 0) is 12.8 Å². The number of sulfone groups is 1. The van der Waals surface area contributed by atoms with Gasteiger partial charge in [0.1, 0.15) is 9.84 Å². The molecule has 1 fully saturated rings. The van der Waals surface area contributed by atoms with Crippen LogP contribution in [-0.2, 0) is 14.6 Å². The summed E-state index contributed by atoms with van der Waals surface area (Å²) >= 11 is 0. The van der Waals surface area contributed by atoms with Crippen LogP contribution >= 0.6 is 0 Å². The van der Waals surface area contributed by atoms with E-state index in [9.17, 15) is 30.4 Å². The van der Waals surface area contributed by atoms with Gasteiger partial charge in [-0.15, -0.1) is 0 Å². The third-order valence-electron chi connectivity index (χ3n) is 3.14. The highest BCUT2D eigenvalue weighted by atomic mass is 32.2. The zero-order valence-corrected chi connectivity index (χ0v) is 12.1. The number of ether oxygens (including phenoxy) is 1. The van der Waals surface area contributed by atoms with E-state index in [1.807, 2.05) is 0 Å². The zero-order chi connectivity index (χ0) is 16.1. The normalized spacial score (nSPS) is 21.5. The van der Waals surface area contributed by atoms with Crippen LogP contribution in [0.15, 0.2) is 0 Å². The molecule has 1 atom stereocenters. The van der Waals surface area contributed by atoms with Gasteiger partial charge < -0.3 is 10.1 Å². The molecule has 1 aliphatic rings. The van der Waals surface area contributed by atoms with Crippen molar-refractivity contribution < 1.29 is 35.1 Å². The lowest BCUT2D eigenvalue weighted by molar-refractivity contribution is -0.284. The van der Waals surface area contributed by atoms with E-state index in [0.717, 1.165) is 0 Å². The van der Waals surface area contributed by atoms with Gasteiger partial charge in [-0.2, -0.15) is 22.0 Å². The van der Waals surface area contributed by atoms with Crippen molar-refractivity contribution in [2.45, 2.75) is 37.4 Å². The second kappa shape index (κ2) is 7.19. The van der Waals surface area contributed by atoms with Crippen molar-refractivity contribution >= 4 is 9.84 Å². The molecule has 0 radical (unpaired) electrons. The average Bonchev–Trinajstić information content (AvgIpc) is 2.36. The highest BCUT2D eigenvalue weighted by Crippen LogP contribution is 2.38. The summed E-state index contributed by atoms with van der Waals surface area (Å²) in [6.07, 6.45) is -7.62. The first-order chi connectivity index (χ1) is 9.54. The predicted molar refractivity (Wildman–Crippen MR) is 66.1 cm³/mol. The van der Waals surface area contributed by atoms with Crippen LogP contribution in [0.5, 0.6) is 0 Å². The fourth-order valence-electron chi connectivity index (χ4n) is 1.88. The monoisotopic (exact) mass is 339 g/mol. The summed E-state index contributed by atoms with van der Waals surface area (Å²) in [5.41, 5.74) is 0. The summed E-state index contributed by atoms with van der Waals surface area (Å²) in [6.45, 7) is 1.50. The van der Waals surface area contributed by atoms with Gasteiger partial charge in [0, 0.05) is 19.0 Å². The van der Waals surface area contributed by atoms with Crippen LogP contribution in [0.1, 0.15) is 19.3 Å². The van der Waals surface area contributed by atoms with E-state index < -0.39 is 40.5 Å². The molecule has 0 amide bonds. The third kappa shape index (κ3) is 6.43. The fourth-order valence-corrected chi connectivity index (χ4v) is 3.32. The smallest absolute Gasteiger partial charge is 0.379 e. The van der Waals surface area contributed by atoms with Crippen molar-refractivity contribution in [2.24, 2.45) is 0 Å². The molecular weight excluding hydrogens is 321 g/mol. The summed E-state index contributed by atoms with van der Waals surface area (Å²) in [5, 5.41) is 3.03. The maximum absolute atomic E-state index is 12.6. The Kier molecular flexibility index (Phi) is 6.36. The van der Waals surface area contributed by atoms with Crippen molar-refractivity contribution in [3.8, 4) is 0 Å². The van der Waals surface area contributed by atoms with Crippen LogP contribution in [0.3, 0.4) is 0 Å². The lowest BCUT2D eigenvalue weighted by Gasteiger charge is -2.23. The fraction of sp³-hybridized carbons (Fsp3) is 1.00. The van der Waals surface area contributed by atoms with Crippen LogP contribution in [0.2, 0.25) is 0 Å². The Morgan fingerprint density at radius 1 is 1.14 bits per heavy atom. The van der Waals surface area contributed by atoms with E-state index in [4.69, 9.17) is 4.74 Å². The van der Waals surface area contributed by atoms with E-state index in [-0.39, 0.29) is 18.2 Å². The third-order valence-corrected chi connectivity index (χ3v) is 4.90. The van der Waals surface area contributed by atoms with Crippen LogP contribution in [0.4, 0.5) is 22.0 Å². The molecule has 4 nitrogen and oxygen atoms in total. The second-order valence-electron chi connectivity index (χ2n) is 4.97. The van der Waals surface area contributed by atoms with Crippen molar-refractivity contribution in [1.82, 2.24) is 5.32 Å². The molecule has 0 aromatic rings. The number of hydrogen-bond donors (Lipinski definition) is 1. The van der Waals surface area contributed by atoms with Crippen molar-refractivity contribution in [1.29, 1.82) is 0 Å². The van der Waals surface area contributed by atoms with Crippen LogP contribution in [0, 0.1) is 0 Å². The number of nitrogens with one attached hydrogen (secondary N) is 1. The Morgan fingerprint density at radius 2 is 1.81 bits per heavy atom. The van der Waals surface area contributed by atoms with Gasteiger partial charge >= 0.3 is 12.1 Å². The quantitative estimate of drug-likeness (QED) is 0.718. The minimum Gasteiger partial charge on any atom is -0.379 e. The zero-order valence-electron chi connectivity index (χ0n) is 11.3. The van der Waals surface area contributed by atoms with Gasteiger partial charge in [0.15, 0.2) is 0 Å². The maximum atomic E-state index is 12.6. The van der Waals surface area contributed by atoms with E-state index in [1.54, 1.807) is 0 Å². The summed E-state index contributed by atoms with van der Waals surface area (Å²) in [5.74, 6) is -5.78. The average molecular weight is 339 g/mol. The number of morpholine rings is 1. The summed E-state index contributed by atoms with van der Waals surface area (Å²) in [7, 11) is -3.65. The summed E-state index contributed by atoms with van der Waals surface area (Å²) in [6, 6.07) is -0.134. The summed E-state index contributed by atoms with van der Waals surface area (Å²) < 4.78 is 89.4. The second-order valence-corrected chi connectivity index (χ2v) is 7.28. The van der Waals surface area contributed by atoms with Crippen molar-refractivity contribution in [3.63, 3.8) is 0 Å². The topological polar surface area (TPSA) is 55.4 Å². The molecule has 0 aliphatic carbocycles. The Morgan fingerprint density at radius 3 is 2.33 bits per heavy atom. The summed E-state index contributed by atoms with van der Waals surface area (Å²) in [4.78, 5) is 0. The molecule has 1 rings (SSSR count). The number of halogens is 5. The molecule has 0 bridgehead atoms. The van der Waals surface area contributed by atoms with E-state index >= 15 is 0 Å². The molecule has 0 aromatic heterocycles. The molecule has 1 aliphatic heterocycles. The lowest BCUT2D eigenvalue weighted by atomic mass is 10.2. The van der Waals surface area contributed by atoms with Gasteiger partial charge in [0.05, 0.1) is 24.7 Å². The minimum absolute atomic E-state index is 0.134. The van der Waals surface area contributed by atoms with Crippen molar-refractivity contribution in [3.05, 3.63) is 0 Å². The molecule has 1 unspecified atom stereocenters. The Hall–Kier alpha value is -0.480. The Labute approximate surface area is 119 Å². The standard InChI is InChI=1S/C11H18F5NO3S/c12-10(13,11(14,15)16)3-1-6-21(18,19)7-2-9-8-20-5-4-17-9/h9,17H,1-8H2. The van der Waals surface area contributed by atoms with Gasteiger partial charge in [-0.1, -0.05) is 0 Å². The Balaban J connectivity index is 2.32. The lowest BCUT2D eigenvalue weighted by Crippen LogP contribution is -2.42. The van der Waals surface area contributed by atoms with Gasteiger partial charge in [0.25, 0.3) is 0 Å². The Bertz CT molecular complexity index is 418. The predicted octanol–water partition coefficient (Wildman–Crippen LogP) is 1.76. The van der Waals surface area contributed by atoms with Crippen LogP contribution in [0.25, 0.3) is 0 Å². The molecule has 126 valence electrons. The first kappa shape index (κ1) is 18.6. The molecule has 1 saturated heterocycles. The largest absolute Gasteiger partial charge is 0.453 e. The molecule has 10 heteroatoms. The minimum atomic E-state index is -5.64. The van der Waals surface area contributed by atoms with Gasteiger partial charge in [-0.25, -0.2) is 8.42 Å². The highest BCUT2D eigenvalue weighted by Gasteiger charge is 2.56. The van der Waals surface area contributed by atoms with E-state index in [2.05, 4.69) is 5.32 Å². The van der Waals surface area contributed by atoms with E-state index in [1.165, 1.54) is 0 Å². The molecule has 1 N–H and O–H groups in total. The molecule has 0 saturated carbocycles. The molecule has 21 heavy (non-hydrogen) atoms. The highest BCUT2D eigenvalue weighted by molar-refractivity contribution is 7.91. The van der Waals surface area contributed by atoms with Crippen LogP contribution in [-0.4, -0.2) is 57.8 Å². The maximum Gasteiger partial charge on any atom is 0.453 e. The van der Waals surface area contributed by atoms with E-state index in [0.29, 0.717) is 19.8 Å². The molecular formula is C11H18F5NO3S. The number of rotatable bonds is 7. The number of hydrogen-bond acceptors (Lipinski definition) is 4. The SMILES string of the molecule is O=S(=O)(CCCC(F)(F)C(F)(F)F)CCC1COCCN1. The van der Waals surface area contributed by atoms with Gasteiger partial charge in [0.2, 0.25) is 0 Å². The molecule has 0 spiro atoms. The van der Waals surface area contributed by atoms with Crippen LogP contribution < -0.4 is 5.32 Å². The van der Waals surface area contributed by atoms with Crippen molar-refractivity contribution in [2.75, 3.05) is 31.3 Å². The number of alkyl halides is 5.